The van der Waals surface area contributed by atoms with Crippen LogP contribution in [0.4, 0.5) is 5.69 Å². The molecule has 2 aromatic rings. The van der Waals surface area contributed by atoms with Gasteiger partial charge in [-0.15, -0.1) is 0 Å². The van der Waals surface area contributed by atoms with Gasteiger partial charge in [0.25, 0.3) is 0 Å². The number of amides is 1. The van der Waals surface area contributed by atoms with Crippen LogP contribution in [0.25, 0.3) is 0 Å². The molecule has 0 aliphatic rings. The van der Waals surface area contributed by atoms with E-state index in [0.717, 1.165) is 17.9 Å². The zero-order chi connectivity index (χ0) is 14.4. The number of rotatable bonds is 5. The lowest BCUT2D eigenvalue weighted by Crippen LogP contribution is -2.22. The van der Waals surface area contributed by atoms with Gasteiger partial charge < -0.3 is 10.1 Å². The molecule has 3 nitrogen and oxygen atoms in total. The van der Waals surface area contributed by atoms with Crippen molar-refractivity contribution in [1.82, 2.24) is 0 Å². The molecule has 1 amide bonds. The second-order valence-electron chi connectivity index (χ2n) is 4.81. The molecule has 104 valence electrons. The molecule has 2 rings (SSSR count). The van der Waals surface area contributed by atoms with Crippen molar-refractivity contribution in [3.8, 4) is 5.75 Å². The van der Waals surface area contributed by atoms with E-state index < -0.39 is 0 Å². The maximum absolute atomic E-state index is 12.1. The highest BCUT2D eigenvalue weighted by Gasteiger charge is 2.13. The van der Waals surface area contributed by atoms with Gasteiger partial charge in [-0.2, -0.15) is 0 Å². The van der Waals surface area contributed by atoms with Crippen molar-refractivity contribution in [2.75, 3.05) is 12.4 Å². The third-order valence-electron chi connectivity index (χ3n) is 3.19. The Morgan fingerprint density at radius 3 is 2.35 bits per heavy atom. The predicted octanol–water partition coefficient (Wildman–Crippen LogP) is 3.51. The van der Waals surface area contributed by atoms with E-state index in [9.17, 15) is 4.79 Å². The van der Waals surface area contributed by atoms with E-state index in [0.29, 0.717) is 0 Å². The Morgan fingerprint density at radius 1 is 1.10 bits per heavy atom. The summed E-state index contributed by atoms with van der Waals surface area (Å²) >= 11 is 0. The molecule has 20 heavy (non-hydrogen) atoms. The highest BCUT2D eigenvalue weighted by atomic mass is 16.5. The monoisotopic (exact) mass is 269 g/mol. The zero-order valence-corrected chi connectivity index (χ0v) is 11.8. The number of nitrogens with one attached hydrogen (secondary N) is 1. The Labute approximate surface area is 119 Å². The van der Waals surface area contributed by atoms with E-state index in [-0.39, 0.29) is 11.8 Å². The predicted molar refractivity (Wildman–Crippen MR) is 80.9 cm³/mol. The first-order valence-electron chi connectivity index (χ1n) is 6.68. The Balaban J connectivity index is 1.93. The van der Waals surface area contributed by atoms with Gasteiger partial charge in [0.05, 0.1) is 7.11 Å². The fraction of sp³-hybridized carbons (Fsp3) is 0.235. The van der Waals surface area contributed by atoms with Crippen LogP contribution in [-0.4, -0.2) is 13.0 Å². The van der Waals surface area contributed by atoms with Crippen molar-refractivity contribution in [3.05, 3.63) is 60.2 Å². The maximum Gasteiger partial charge on any atom is 0.227 e. The number of hydrogen-bond acceptors (Lipinski definition) is 2. The van der Waals surface area contributed by atoms with Crippen LogP contribution in [0, 0.1) is 5.92 Å². The molecule has 0 aliphatic heterocycles. The first-order valence-corrected chi connectivity index (χ1v) is 6.68. The number of carbonyl (C=O) groups excluding carboxylic acids is 1. The van der Waals surface area contributed by atoms with Crippen LogP contribution in [0.15, 0.2) is 54.6 Å². The minimum absolute atomic E-state index is 0.0269. The van der Waals surface area contributed by atoms with Gasteiger partial charge in [0, 0.05) is 11.6 Å². The van der Waals surface area contributed by atoms with Crippen molar-refractivity contribution in [2.45, 2.75) is 13.3 Å². The molecule has 0 heterocycles. The summed E-state index contributed by atoms with van der Waals surface area (Å²) in [7, 11) is 1.62. The summed E-state index contributed by atoms with van der Waals surface area (Å²) in [6, 6.07) is 17.4. The van der Waals surface area contributed by atoms with E-state index in [4.69, 9.17) is 4.74 Å². The molecule has 0 aliphatic carbocycles. The molecule has 0 bridgehead atoms. The molecule has 2 aromatic carbocycles. The molecule has 0 radical (unpaired) electrons. The van der Waals surface area contributed by atoms with Gasteiger partial charge in [0.2, 0.25) is 5.91 Å². The second kappa shape index (κ2) is 6.75. The number of methoxy groups -OCH3 is 1. The van der Waals surface area contributed by atoms with Crippen molar-refractivity contribution < 1.29 is 9.53 Å². The van der Waals surface area contributed by atoms with Gasteiger partial charge in [-0.1, -0.05) is 37.3 Å². The van der Waals surface area contributed by atoms with Crippen LogP contribution < -0.4 is 10.1 Å². The van der Waals surface area contributed by atoms with Crippen molar-refractivity contribution in [3.63, 3.8) is 0 Å². The second-order valence-corrected chi connectivity index (χ2v) is 4.81. The molecule has 0 spiro atoms. The summed E-state index contributed by atoms with van der Waals surface area (Å²) in [5.74, 6) is 0.735. The molecule has 3 heteroatoms. The van der Waals surface area contributed by atoms with E-state index in [1.54, 1.807) is 7.11 Å². The fourth-order valence-corrected chi connectivity index (χ4v) is 2.00. The Hall–Kier alpha value is -2.29. The molecule has 0 saturated heterocycles. The van der Waals surface area contributed by atoms with Crippen LogP contribution in [0.1, 0.15) is 12.5 Å². The lowest BCUT2D eigenvalue weighted by molar-refractivity contribution is -0.119. The number of benzene rings is 2. The molecule has 0 fully saturated rings. The SMILES string of the molecule is COc1ccc(NC(=O)[C@@H](C)Cc2ccccc2)cc1. The normalized spacial score (nSPS) is 11.7. The molecule has 0 unspecified atom stereocenters. The molecular formula is C17H19NO2. The van der Waals surface area contributed by atoms with Crippen molar-refractivity contribution >= 4 is 11.6 Å². The number of hydrogen-bond donors (Lipinski definition) is 1. The van der Waals surface area contributed by atoms with Gasteiger partial charge in [-0.25, -0.2) is 0 Å². The highest BCUT2D eigenvalue weighted by molar-refractivity contribution is 5.92. The molecule has 1 atom stereocenters. The summed E-state index contributed by atoms with van der Waals surface area (Å²) in [5.41, 5.74) is 1.96. The quantitative estimate of drug-likeness (QED) is 0.902. The Kier molecular flexibility index (Phi) is 4.77. The average molecular weight is 269 g/mol. The van der Waals surface area contributed by atoms with Gasteiger partial charge >= 0.3 is 0 Å². The van der Waals surface area contributed by atoms with Gasteiger partial charge in [0.1, 0.15) is 5.75 Å². The first-order chi connectivity index (χ1) is 9.69. The summed E-state index contributed by atoms with van der Waals surface area (Å²) in [5, 5.41) is 2.92. The van der Waals surface area contributed by atoms with Gasteiger partial charge in [-0.05, 0) is 36.2 Å². The summed E-state index contributed by atoms with van der Waals surface area (Å²) in [6.45, 7) is 1.94. The third-order valence-corrected chi connectivity index (χ3v) is 3.19. The van der Waals surface area contributed by atoms with Crippen LogP contribution in [0.3, 0.4) is 0 Å². The lowest BCUT2D eigenvalue weighted by atomic mass is 10.0. The number of ether oxygens (including phenoxy) is 1. The minimum Gasteiger partial charge on any atom is -0.497 e. The van der Waals surface area contributed by atoms with Crippen molar-refractivity contribution in [1.29, 1.82) is 0 Å². The van der Waals surface area contributed by atoms with E-state index >= 15 is 0 Å². The van der Waals surface area contributed by atoms with Crippen LogP contribution in [-0.2, 0) is 11.2 Å². The van der Waals surface area contributed by atoms with Crippen LogP contribution in [0.5, 0.6) is 5.75 Å². The average Bonchev–Trinajstić information content (AvgIpc) is 2.49. The smallest absolute Gasteiger partial charge is 0.227 e. The minimum atomic E-state index is -0.0699. The Morgan fingerprint density at radius 2 is 1.75 bits per heavy atom. The van der Waals surface area contributed by atoms with Crippen LogP contribution in [0.2, 0.25) is 0 Å². The largest absolute Gasteiger partial charge is 0.497 e. The zero-order valence-electron chi connectivity index (χ0n) is 11.8. The lowest BCUT2D eigenvalue weighted by Gasteiger charge is -2.12. The summed E-state index contributed by atoms with van der Waals surface area (Å²) in [4.78, 5) is 12.1. The standard InChI is InChI=1S/C17H19NO2/c1-13(12-14-6-4-3-5-7-14)17(19)18-15-8-10-16(20-2)11-9-15/h3-11,13H,12H2,1-2H3,(H,18,19)/t13-/m0/s1. The molecule has 0 aromatic heterocycles. The highest BCUT2D eigenvalue weighted by Crippen LogP contribution is 2.16. The fourth-order valence-electron chi connectivity index (χ4n) is 2.00. The van der Waals surface area contributed by atoms with Crippen molar-refractivity contribution in [2.24, 2.45) is 5.92 Å². The summed E-state index contributed by atoms with van der Waals surface area (Å²) < 4.78 is 5.09. The molecule has 1 N–H and O–H groups in total. The van der Waals surface area contributed by atoms with E-state index in [1.807, 2.05) is 61.5 Å². The molecular weight excluding hydrogens is 250 g/mol. The third kappa shape index (κ3) is 3.85. The van der Waals surface area contributed by atoms with E-state index in [2.05, 4.69) is 5.32 Å². The molecule has 0 saturated carbocycles. The number of carbonyl (C=O) groups is 1. The first kappa shape index (κ1) is 14.1. The topological polar surface area (TPSA) is 38.3 Å². The number of anilines is 1. The van der Waals surface area contributed by atoms with Gasteiger partial charge in [-0.3, -0.25) is 4.79 Å². The Bertz CT molecular complexity index is 549. The maximum atomic E-state index is 12.1. The van der Waals surface area contributed by atoms with Crippen LogP contribution >= 0.6 is 0 Å². The van der Waals surface area contributed by atoms with Gasteiger partial charge in [0.15, 0.2) is 0 Å². The summed E-state index contributed by atoms with van der Waals surface area (Å²) in [6.07, 6.45) is 0.739. The van der Waals surface area contributed by atoms with E-state index in [1.165, 1.54) is 5.56 Å².